The Kier molecular flexibility index (Phi) is 4.43. The number of amides is 1. The highest BCUT2D eigenvalue weighted by atomic mass is 32.2. The monoisotopic (exact) mass is 237 g/mol. The number of hydrogen-bond acceptors (Lipinski definition) is 4. The lowest BCUT2D eigenvalue weighted by atomic mass is 10.1. The van der Waals surface area contributed by atoms with Crippen molar-refractivity contribution in [2.45, 2.75) is 13.3 Å². The van der Waals surface area contributed by atoms with Gasteiger partial charge in [0.25, 0.3) is 0 Å². The van der Waals surface area contributed by atoms with Gasteiger partial charge in [-0.15, -0.1) is 0 Å². The van der Waals surface area contributed by atoms with E-state index in [0.717, 1.165) is 6.08 Å². The van der Waals surface area contributed by atoms with Crippen molar-refractivity contribution in [3.05, 3.63) is 11.0 Å². The Bertz CT molecular complexity index is 396. The van der Waals surface area contributed by atoms with Crippen molar-refractivity contribution in [2.75, 3.05) is 0 Å². The number of hydrogen-bond donors (Lipinski definition) is 3. The van der Waals surface area contributed by atoms with E-state index in [1.807, 2.05) is 0 Å². The molecule has 0 aliphatic heterocycles. The molecule has 0 rings (SSSR count). The van der Waals surface area contributed by atoms with Crippen LogP contribution >= 0.6 is 0 Å². The van der Waals surface area contributed by atoms with E-state index < -0.39 is 32.8 Å². The van der Waals surface area contributed by atoms with Crippen LogP contribution in [0.4, 0.5) is 0 Å². The zero-order valence-corrected chi connectivity index (χ0v) is 8.69. The van der Waals surface area contributed by atoms with Gasteiger partial charge in [0, 0.05) is 5.92 Å². The Morgan fingerprint density at radius 3 is 2.20 bits per heavy atom. The zero-order valence-electron chi connectivity index (χ0n) is 7.87. The van der Waals surface area contributed by atoms with Crippen molar-refractivity contribution in [2.24, 2.45) is 11.7 Å². The highest BCUT2D eigenvalue weighted by Gasteiger charge is 2.22. The SMILES string of the molecule is CC(C/C=C(\C(=O)O)S(=O)(=O)O)C(N)=O. The molecule has 0 spiro atoms. The zero-order chi connectivity index (χ0) is 12.2. The minimum Gasteiger partial charge on any atom is -0.477 e. The first-order chi connectivity index (χ1) is 6.66. The van der Waals surface area contributed by atoms with Crippen molar-refractivity contribution in [3.63, 3.8) is 0 Å². The molecule has 0 aromatic heterocycles. The smallest absolute Gasteiger partial charge is 0.349 e. The van der Waals surface area contributed by atoms with E-state index >= 15 is 0 Å². The molecule has 4 N–H and O–H groups in total. The fraction of sp³-hybridized carbons (Fsp3) is 0.429. The second kappa shape index (κ2) is 4.89. The van der Waals surface area contributed by atoms with Crippen LogP contribution in [0.15, 0.2) is 11.0 Å². The maximum absolute atomic E-state index is 10.6. The first kappa shape index (κ1) is 13.6. The Morgan fingerprint density at radius 1 is 1.47 bits per heavy atom. The van der Waals surface area contributed by atoms with Crippen LogP contribution in [-0.2, 0) is 19.7 Å². The van der Waals surface area contributed by atoms with E-state index in [0.29, 0.717) is 0 Å². The maximum Gasteiger partial charge on any atom is 0.349 e. The Labute approximate surface area is 86.3 Å². The lowest BCUT2D eigenvalue weighted by Crippen LogP contribution is -2.20. The van der Waals surface area contributed by atoms with Gasteiger partial charge in [-0.25, -0.2) is 4.79 Å². The van der Waals surface area contributed by atoms with E-state index in [9.17, 15) is 18.0 Å². The van der Waals surface area contributed by atoms with Crippen molar-refractivity contribution in [3.8, 4) is 0 Å². The average Bonchev–Trinajstić information content (AvgIpc) is 2.00. The highest BCUT2D eigenvalue weighted by Crippen LogP contribution is 2.10. The number of aliphatic carboxylic acids is 1. The molecule has 15 heavy (non-hydrogen) atoms. The van der Waals surface area contributed by atoms with E-state index in [-0.39, 0.29) is 6.42 Å². The van der Waals surface area contributed by atoms with Crippen molar-refractivity contribution in [1.82, 2.24) is 0 Å². The summed E-state index contributed by atoms with van der Waals surface area (Å²) in [6.07, 6.45) is 0.573. The molecule has 0 radical (unpaired) electrons. The van der Waals surface area contributed by atoms with Gasteiger partial charge in [0.2, 0.25) is 5.91 Å². The molecule has 0 fully saturated rings. The summed E-state index contributed by atoms with van der Waals surface area (Å²) in [5.74, 6) is -3.18. The maximum atomic E-state index is 10.6. The molecule has 7 nitrogen and oxygen atoms in total. The van der Waals surface area contributed by atoms with E-state index in [1.165, 1.54) is 6.92 Å². The predicted molar refractivity (Wildman–Crippen MR) is 50.2 cm³/mol. The predicted octanol–water partition coefficient (Wildman–Crippen LogP) is -0.646. The van der Waals surface area contributed by atoms with Crippen molar-refractivity contribution < 1.29 is 27.7 Å². The third-order valence-electron chi connectivity index (χ3n) is 1.63. The van der Waals surface area contributed by atoms with Crippen LogP contribution < -0.4 is 5.73 Å². The van der Waals surface area contributed by atoms with Gasteiger partial charge in [-0.05, 0) is 6.42 Å². The molecule has 0 aromatic rings. The van der Waals surface area contributed by atoms with Gasteiger partial charge in [0.1, 0.15) is 0 Å². The number of nitrogens with two attached hydrogens (primary N) is 1. The van der Waals surface area contributed by atoms with Crippen LogP contribution in [0.1, 0.15) is 13.3 Å². The van der Waals surface area contributed by atoms with Crippen LogP contribution in [0.5, 0.6) is 0 Å². The molecule has 1 unspecified atom stereocenters. The summed E-state index contributed by atoms with van der Waals surface area (Å²) < 4.78 is 29.6. The minimum absolute atomic E-state index is 0.170. The summed E-state index contributed by atoms with van der Waals surface area (Å²) in [5, 5.41) is 8.44. The molecule has 0 saturated heterocycles. The number of carboxylic acids is 1. The van der Waals surface area contributed by atoms with Crippen LogP contribution in [0.3, 0.4) is 0 Å². The summed E-state index contributed by atoms with van der Waals surface area (Å²) in [6.45, 7) is 1.41. The largest absolute Gasteiger partial charge is 0.477 e. The number of carboxylic acid groups (broad SMARTS) is 1. The number of primary amides is 1. The molecular formula is C7H11NO6S. The first-order valence-corrected chi connectivity index (χ1v) is 5.30. The van der Waals surface area contributed by atoms with Crippen molar-refractivity contribution in [1.29, 1.82) is 0 Å². The molecular weight excluding hydrogens is 226 g/mol. The fourth-order valence-electron chi connectivity index (χ4n) is 0.703. The lowest BCUT2D eigenvalue weighted by Gasteiger charge is -2.03. The Balaban J connectivity index is 4.90. The summed E-state index contributed by atoms with van der Waals surface area (Å²) >= 11 is 0. The lowest BCUT2D eigenvalue weighted by molar-refractivity contribution is -0.132. The van der Waals surface area contributed by atoms with E-state index in [4.69, 9.17) is 15.4 Å². The standard InChI is InChI=1S/C7H11NO6S/c1-4(6(8)9)2-3-5(7(10)11)15(12,13)14/h3-4H,2H2,1H3,(H2,8,9)(H,10,11)(H,12,13,14)/b5-3+. The molecule has 8 heteroatoms. The Hall–Kier alpha value is -1.41. The molecule has 1 atom stereocenters. The fourth-order valence-corrected chi connectivity index (χ4v) is 1.23. The van der Waals surface area contributed by atoms with Crippen molar-refractivity contribution >= 4 is 22.0 Å². The molecule has 0 heterocycles. The minimum atomic E-state index is -4.78. The quantitative estimate of drug-likeness (QED) is 0.429. The van der Waals surface area contributed by atoms with Gasteiger partial charge in [-0.2, -0.15) is 8.42 Å². The molecule has 0 saturated carbocycles. The number of allylic oxidation sites excluding steroid dienone is 1. The number of carbonyl (C=O) groups excluding carboxylic acids is 1. The van der Waals surface area contributed by atoms with Gasteiger partial charge in [0.15, 0.2) is 4.91 Å². The summed E-state index contributed by atoms with van der Waals surface area (Å²) in [6, 6.07) is 0. The van der Waals surface area contributed by atoms with E-state index in [1.54, 1.807) is 0 Å². The second-order valence-corrected chi connectivity index (χ2v) is 4.28. The first-order valence-electron chi connectivity index (χ1n) is 3.86. The molecule has 0 aromatic carbocycles. The van der Waals surface area contributed by atoms with E-state index in [2.05, 4.69) is 0 Å². The van der Waals surface area contributed by atoms with Gasteiger partial charge < -0.3 is 10.8 Å². The molecule has 86 valence electrons. The summed E-state index contributed by atoms with van der Waals surface area (Å²) in [7, 11) is -4.78. The van der Waals surface area contributed by atoms with Gasteiger partial charge in [-0.3, -0.25) is 9.35 Å². The van der Waals surface area contributed by atoms with Gasteiger partial charge in [0.05, 0.1) is 0 Å². The molecule has 0 aliphatic carbocycles. The van der Waals surface area contributed by atoms with Crippen LogP contribution in [0.25, 0.3) is 0 Å². The molecule has 0 aliphatic rings. The van der Waals surface area contributed by atoms with Crippen LogP contribution in [-0.4, -0.2) is 30.0 Å². The third kappa shape index (κ3) is 4.56. The third-order valence-corrected chi connectivity index (χ3v) is 2.53. The average molecular weight is 237 g/mol. The Morgan fingerprint density at radius 2 is 1.93 bits per heavy atom. The van der Waals surface area contributed by atoms with Gasteiger partial charge >= 0.3 is 16.1 Å². The second-order valence-electron chi connectivity index (χ2n) is 2.89. The number of carbonyl (C=O) groups is 2. The number of rotatable bonds is 5. The molecule has 0 bridgehead atoms. The summed E-state index contributed by atoms with van der Waals surface area (Å²) in [4.78, 5) is 19.8. The van der Waals surface area contributed by atoms with Gasteiger partial charge in [-0.1, -0.05) is 13.0 Å². The summed E-state index contributed by atoms with van der Waals surface area (Å²) in [5.41, 5.74) is 4.88. The molecule has 1 amide bonds. The highest BCUT2D eigenvalue weighted by molar-refractivity contribution is 7.90. The normalized spacial score (nSPS) is 14.7. The van der Waals surface area contributed by atoms with Crippen LogP contribution in [0.2, 0.25) is 0 Å². The van der Waals surface area contributed by atoms with Crippen LogP contribution in [0, 0.1) is 5.92 Å². The topological polar surface area (TPSA) is 135 Å².